The van der Waals surface area contributed by atoms with Crippen LogP contribution in [0.25, 0.3) is 11.4 Å². The number of alkyl halides is 6. The lowest BCUT2D eigenvalue weighted by molar-refractivity contribution is -0.192. The van der Waals surface area contributed by atoms with Crippen LogP contribution in [0, 0.1) is 0 Å². The lowest BCUT2D eigenvalue weighted by atomic mass is 10.2. The molecule has 2 aromatic carbocycles. The number of nitrogens with one attached hydrogen (secondary N) is 2. The van der Waals surface area contributed by atoms with Gasteiger partial charge in [0.15, 0.2) is 5.82 Å². The summed E-state index contributed by atoms with van der Waals surface area (Å²) in [7, 11) is 0. The van der Waals surface area contributed by atoms with E-state index >= 15 is 0 Å². The van der Waals surface area contributed by atoms with Crippen molar-refractivity contribution >= 4 is 35.0 Å². The largest absolute Gasteiger partial charge is 0.490 e. The summed E-state index contributed by atoms with van der Waals surface area (Å²) in [4.78, 5) is 13.2. The Morgan fingerprint density at radius 2 is 1.74 bits per heavy atom. The number of carboxylic acid groups (broad SMARTS) is 1. The highest BCUT2D eigenvalue weighted by Crippen LogP contribution is 2.36. The molecule has 0 aliphatic carbocycles. The molecular weight excluding hydrogens is 548 g/mol. The van der Waals surface area contributed by atoms with Gasteiger partial charge in [0.05, 0.1) is 10.6 Å². The Labute approximate surface area is 213 Å². The molecule has 2 heterocycles. The molecule has 0 atom stereocenters. The number of ether oxygens (including phenoxy) is 1. The van der Waals surface area contributed by atoms with Crippen LogP contribution in [0.4, 0.5) is 43.8 Å². The number of benzene rings is 2. The van der Waals surface area contributed by atoms with Gasteiger partial charge in [0.1, 0.15) is 11.6 Å². The van der Waals surface area contributed by atoms with Crippen molar-refractivity contribution in [3.8, 4) is 23.0 Å². The van der Waals surface area contributed by atoms with Gasteiger partial charge in [-0.1, -0.05) is 23.7 Å². The summed E-state index contributed by atoms with van der Waals surface area (Å²) >= 11 is 5.64. The summed E-state index contributed by atoms with van der Waals surface area (Å²) in [6.07, 6.45) is -9.66. The molecule has 5 N–H and O–H groups in total. The average Bonchev–Trinajstić information content (AvgIpc) is 3.30. The van der Waals surface area contributed by atoms with Gasteiger partial charge in [0, 0.05) is 17.3 Å². The Hall–Kier alpha value is -4.60. The first-order chi connectivity index (χ1) is 17.7. The van der Waals surface area contributed by atoms with Gasteiger partial charge in [-0.05, 0) is 36.4 Å². The van der Waals surface area contributed by atoms with Crippen molar-refractivity contribution in [2.75, 3.05) is 11.1 Å². The van der Waals surface area contributed by atoms with Crippen LogP contribution in [0.3, 0.4) is 0 Å². The molecule has 38 heavy (non-hydrogen) atoms. The molecule has 10 nitrogen and oxygen atoms in total. The van der Waals surface area contributed by atoms with Crippen molar-refractivity contribution in [2.24, 2.45) is 0 Å². The highest BCUT2D eigenvalue weighted by Gasteiger charge is 2.38. The molecule has 2 aromatic heterocycles. The zero-order chi connectivity index (χ0) is 28.1. The van der Waals surface area contributed by atoms with E-state index in [0.29, 0.717) is 17.1 Å². The third-order valence-electron chi connectivity index (χ3n) is 4.25. The van der Waals surface area contributed by atoms with Crippen molar-refractivity contribution in [1.82, 2.24) is 25.4 Å². The van der Waals surface area contributed by atoms with E-state index in [0.717, 1.165) is 12.1 Å². The van der Waals surface area contributed by atoms with Gasteiger partial charge in [-0.3, -0.25) is 5.10 Å². The molecule has 0 bridgehead atoms. The predicted octanol–water partition coefficient (Wildman–Crippen LogP) is 5.69. The summed E-state index contributed by atoms with van der Waals surface area (Å²) in [6, 6.07) is 13.5. The van der Waals surface area contributed by atoms with Gasteiger partial charge in [-0.25, -0.2) is 4.79 Å². The average molecular weight is 562 g/mol. The van der Waals surface area contributed by atoms with Crippen molar-refractivity contribution in [3.63, 3.8) is 0 Å². The smallest absolute Gasteiger partial charge is 0.475 e. The highest BCUT2D eigenvalue weighted by atomic mass is 35.5. The Morgan fingerprint density at radius 3 is 2.34 bits per heavy atom. The molecular formula is C21H14ClF6N7O3. The Balaban J connectivity index is 0.000000505. The number of hydrogen-bond acceptors (Lipinski definition) is 8. The number of nitrogen functional groups attached to an aromatic ring is 1. The van der Waals surface area contributed by atoms with Gasteiger partial charge in [0.2, 0.25) is 11.8 Å². The molecule has 17 heteroatoms. The molecule has 0 spiro atoms. The van der Waals surface area contributed by atoms with Crippen LogP contribution in [0.5, 0.6) is 11.6 Å². The second-order valence-electron chi connectivity index (χ2n) is 7.05. The SMILES string of the molecule is Nc1ccc(Oc2cccc(-c3nc(Nc4ccc(Cl)c(C(F)(F)F)c4)n[nH]3)c2)nn1.O=C(O)C(F)(F)F. The molecule has 0 fully saturated rings. The van der Waals surface area contributed by atoms with Crippen LogP contribution < -0.4 is 15.8 Å². The number of aliphatic carboxylic acids is 1. The molecule has 0 radical (unpaired) electrons. The van der Waals surface area contributed by atoms with Gasteiger partial charge >= 0.3 is 18.3 Å². The van der Waals surface area contributed by atoms with E-state index in [2.05, 4.69) is 30.7 Å². The Bertz CT molecular complexity index is 1410. The van der Waals surface area contributed by atoms with Crippen LogP contribution >= 0.6 is 11.6 Å². The predicted molar refractivity (Wildman–Crippen MR) is 122 cm³/mol. The van der Waals surface area contributed by atoms with Gasteiger partial charge in [0.25, 0.3) is 0 Å². The normalized spacial score (nSPS) is 11.3. The fraction of sp³-hybridized carbons (Fsp3) is 0.0952. The van der Waals surface area contributed by atoms with E-state index in [4.69, 9.17) is 32.0 Å². The summed E-state index contributed by atoms with van der Waals surface area (Å²) in [5, 5.41) is 23.7. The first kappa shape index (κ1) is 28.0. The molecule has 0 unspecified atom stereocenters. The molecule has 4 rings (SSSR count). The quantitative estimate of drug-likeness (QED) is 0.225. The zero-order valence-corrected chi connectivity index (χ0v) is 19.2. The lowest BCUT2D eigenvalue weighted by Gasteiger charge is -2.10. The first-order valence-electron chi connectivity index (χ1n) is 9.96. The standard InChI is InChI=1S/C19H13ClF3N7O.C2HF3O2/c20-14-5-4-11(9-13(14)19(21,22)23)25-18-26-17(29-30-18)10-2-1-3-12(8-10)31-16-7-6-15(24)27-28-16;3-2(4,5)1(6)7/h1-9H,(H2,24,27)(H2,25,26,29,30);(H,6,7). The number of nitrogens with zero attached hydrogens (tertiary/aromatic N) is 4. The van der Waals surface area contributed by atoms with Crippen LogP contribution in [0.15, 0.2) is 54.6 Å². The second-order valence-corrected chi connectivity index (χ2v) is 7.46. The maximum absolute atomic E-state index is 13.0. The highest BCUT2D eigenvalue weighted by molar-refractivity contribution is 6.31. The first-order valence-corrected chi connectivity index (χ1v) is 10.3. The minimum absolute atomic E-state index is 0.0844. The minimum atomic E-state index is -5.08. The summed E-state index contributed by atoms with van der Waals surface area (Å²) in [5.74, 6) is -1.30. The number of halogens is 7. The number of carboxylic acids is 1. The van der Waals surface area contributed by atoms with Crippen LogP contribution in [-0.4, -0.2) is 42.6 Å². The topological polar surface area (TPSA) is 152 Å². The van der Waals surface area contributed by atoms with Gasteiger partial charge in [-0.2, -0.15) is 31.3 Å². The third kappa shape index (κ3) is 7.70. The van der Waals surface area contributed by atoms with E-state index in [1.54, 1.807) is 36.4 Å². The molecule has 0 saturated heterocycles. The van der Waals surface area contributed by atoms with E-state index in [-0.39, 0.29) is 23.3 Å². The molecule has 200 valence electrons. The number of hydrogen-bond donors (Lipinski definition) is 4. The van der Waals surface area contributed by atoms with Crippen LogP contribution in [0.2, 0.25) is 5.02 Å². The number of rotatable bonds is 5. The van der Waals surface area contributed by atoms with E-state index in [9.17, 15) is 26.3 Å². The molecule has 0 amide bonds. The fourth-order valence-electron chi connectivity index (χ4n) is 2.61. The summed E-state index contributed by atoms with van der Waals surface area (Å²) in [5.41, 5.74) is 5.32. The minimum Gasteiger partial charge on any atom is -0.475 e. The van der Waals surface area contributed by atoms with E-state index in [1.807, 2.05) is 0 Å². The number of carbonyl (C=O) groups is 1. The maximum atomic E-state index is 13.0. The maximum Gasteiger partial charge on any atom is 0.490 e. The Morgan fingerprint density at radius 1 is 1.03 bits per heavy atom. The van der Waals surface area contributed by atoms with Gasteiger partial charge < -0.3 is 20.9 Å². The summed E-state index contributed by atoms with van der Waals surface area (Å²) < 4.78 is 76.5. The molecule has 0 saturated carbocycles. The number of H-pyrrole nitrogens is 1. The van der Waals surface area contributed by atoms with Crippen molar-refractivity contribution in [2.45, 2.75) is 12.4 Å². The summed E-state index contributed by atoms with van der Waals surface area (Å²) in [6.45, 7) is 0. The number of aromatic amines is 1. The monoisotopic (exact) mass is 561 g/mol. The molecule has 4 aromatic rings. The van der Waals surface area contributed by atoms with Crippen molar-refractivity contribution in [3.05, 3.63) is 65.2 Å². The van der Waals surface area contributed by atoms with E-state index < -0.39 is 28.9 Å². The van der Waals surface area contributed by atoms with Gasteiger partial charge in [-0.15, -0.1) is 15.3 Å². The second kappa shape index (κ2) is 11.2. The molecule has 0 aliphatic heterocycles. The number of aromatic nitrogens is 5. The Kier molecular flexibility index (Phi) is 8.25. The number of anilines is 3. The fourth-order valence-corrected chi connectivity index (χ4v) is 2.83. The number of nitrogens with two attached hydrogens (primary N) is 1. The van der Waals surface area contributed by atoms with Crippen molar-refractivity contribution < 1.29 is 41.0 Å². The zero-order valence-electron chi connectivity index (χ0n) is 18.5. The third-order valence-corrected chi connectivity index (χ3v) is 4.58. The van der Waals surface area contributed by atoms with Crippen LogP contribution in [-0.2, 0) is 11.0 Å². The van der Waals surface area contributed by atoms with E-state index in [1.165, 1.54) is 6.07 Å². The van der Waals surface area contributed by atoms with Crippen molar-refractivity contribution in [1.29, 1.82) is 0 Å². The van der Waals surface area contributed by atoms with Crippen LogP contribution in [0.1, 0.15) is 5.56 Å². The lowest BCUT2D eigenvalue weighted by Crippen LogP contribution is -2.21. The molecule has 0 aliphatic rings.